The van der Waals surface area contributed by atoms with Crippen LogP contribution < -0.4 is 9.47 Å². The number of benzene rings is 1. The molecule has 1 aromatic carbocycles. The van der Waals surface area contributed by atoms with Crippen molar-refractivity contribution in [2.75, 3.05) is 14.2 Å². The van der Waals surface area contributed by atoms with Gasteiger partial charge in [0, 0.05) is 12.5 Å². The third-order valence-corrected chi connectivity index (χ3v) is 2.40. The first-order valence-corrected chi connectivity index (χ1v) is 4.96. The molecule has 0 heterocycles. The molecule has 1 aromatic rings. The third kappa shape index (κ3) is 2.93. The Balaban J connectivity index is 2.96. The van der Waals surface area contributed by atoms with Crippen molar-refractivity contribution >= 4 is 23.1 Å². The van der Waals surface area contributed by atoms with E-state index in [1.165, 1.54) is 7.11 Å². The fraction of sp³-hybridized carbons (Fsp3) is 0.273. The number of aliphatic carboxylic acids is 1. The van der Waals surface area contributed by atoms with Crippen molar-refractivity contribution in [3.05, 3.63) is 23.8 Å². The van der Waals surface area contributed by atoms with E-state index in [9.17, 15) is 4.79 Å². The summed E-state index contributed by atoms with van der Waals surface area (Å²) in [4.78, 5) is 10.6. The van der Waals surface area contributed by atoms with Gasteiger partial charge in [0.2, 0.25) is 0 Å². The van der Waals surface area contributed by atoms with Gasteiger partial charge >= 0.3 is 5.97 Å². The van der Waals surface area contributed by atoms with E-state index in [4.69, 9.17) is 26.8 Å². The van der Waals surface area contributed by atoms with Crippen molar-refractivity contribution in [2.24, 2.45) is 0 Å². The lowest BCUT2D eigenvalue weighted by Gasteiger charge is -2.09. The number of hydrogen-bond donors (Lipinski definition) is 1. The minimum atomic E-state index is -1.08. The summed E-state index contributed by atoms with van der Waals surface area (Å²) in [5.41, 5.74) is 0.732. The average molecular weight is 240 g/mol. The maximum Gasteiger partial charge on any atom is 0.342 e. The molecule has 4 nitrogen and oxygen atoms in total. The molecule has 0 bridgehead atoms. The zero-order chi connectivity index (χ0) is 12.1. The van der Waals surface area contributed by atoms with Gasteiger partial charge in [-0.2, -0.15) is 0 Å². The van der Waals surface area contributed by atoms with Gasteiger partial charge in [0.05, 0.1) is 14.2 Å². The number of carboxylic acids is 1. The SMILES string of the molecule is COc1ccc(CC(=S)C(=O)O)c(OC)c1. The van der Waals surface area contributed by atoms with E-state index in [2.05, 4.69) is 0 Å². The average Bonchev–Trinajstić information content (AvgIpc) is 2.29. The predicted octanol–water partition coefficient (Wildman–Crippen LogP) is 1.70. The van der Waals surface area contributed by atoms with Crippen molar-refractivity contribution in [3.63, 3.8) is 0 Å². The largest absolute Gasteiger partial charge is 0.497 e. The zero-order valence-corrected chi connectivity index (χ0v) is 9.84. The lowest BCUT2D eigenvalue weighted by atomic mass is 10.1. The first-order valence-electron chi connectivity index (χ1n) is 4.55. The minimum absolute atomic E-state index is 0.0385. The Labute approximate surface area is 98.8 Å². The van der Waals surface area contributed by atoms with Crippen LogP contribution in [0.5, 0.6) is 11.5 Å². The molecule has 0 aliphatic rings. The molecule has 0 aliphatic heterocycles. The summed E-state index contributed by atoms with van der Waals surface area (Å²) in [7, 11) is 3.07. The second kappa shape index (κ2) is 5.46. The van der Waals surface area contributed by atoms with Crippen LogP contribution in [0, 0.1) is 0 Å². The summed E-state index contributed by atoms with van der Waals surface area (Å²) in [5, 5.41) is 8.70. The van der Waals surface area contributed by atoms with E-state index < -0.39 is 5.97 Å². The molecule has 16 heavy (non-hydrogen) atoms. The van der Waals surface area contributed by atoms with E-state index in [0.717, 1.165) is 5.56 Å². The predicted molar refractivity (Wildman–Crippen MR) is 63.5 cm³/mol. The van der Waals surface area contributed by atoms with E-state index in [0.29, 0.717) is 11.5 Å². The van der Waals surface area contributed by atoms with Crippen molar-refractivity contribution in [2.45, 2.75) is 6.42 Å². The first-order chi connectivity index (χ1) is 7.58. The Hall–Kier alpha value is -1.62. The highest BCUT2D eigenvalue weighted by atomic mass is 32.1. The van der Waals surface area contributed by atoms with Crippen LogP contribution in [-0.2, 0) is 11.2 Å². The quantitative estimate of drug-likeness (QED) is 0.794. The van der Waals surface area contributed by atoms with Crippen LogP contribution >= 0.6 is 12.2 Å². The van der Waals surface area contributed by atoms with Crippen LogP contribution in [0.1, 0.15) is 5.56 Å². The van der Waals surface area contributed by atoms with Crippen LogP contribution in [0.4, 0.5) is 0 Å². The second-order valence-corrected chi connectivity index (χ2v) is 3.58. The zero-order valence-electron chi connectivity index (χ0n) is 9.02. The topological polar surface area (TPSA) is 55.8 Å². The van der Waals surface area contributed by atoms with Crippen molar-refractivity contribution in [3.8, 4) is 11.5 Å². The van der Waals surface area contributed by atoms with Gasteiger partial charge in [-0.3, -0.25) is 0 Å². The molecular formula is C11H12O4S. The van der Waals surface area contributed by atoms with Crippen molar-refractivity contribution < 1.29 is 19.4 Å². The fourth-order valence-electron chi connectivity index (χ4n) is 1.25. The molecule has 1 rings (SSSR count). The van der Waals surface area contributed by atoms with E-state index in [1.807, 2.05) is 0 Å². The van der Waals surface area contributed by atoms with Crippen molar-refractivity contribution in [1.82, 2.24) is 0 Å². The Morgan fingerprint density at radius 1 is 1.38 bits per heavy atom. The second-order valence-electron chi connectivity index (χ2n) is 3.08. The Morgan fingerprint density at radius 3 is 2.56 bits per heavy atom. The highest BCUT2D eigenvalue weighted by molar-refractivity contribution is 7.82. The van der Waals surface area contributed by atoms with Gasteiger partial charge in [-0.1, -0.05) is 18.3 Å². The number of carbonyl (C=O) groups is 1. The number of methoxy groups -OCH3 is 2. The number of ether oxygens (including phenoxy) is 2. The molecule has 0 saturated carbocycles. The Morgan fingerprint density at radius 2 is 2.06 bits per heavy atom. The lowest BCUT2D eigenvalue weighted by Crippen LogP contribution is -2.13. The maximum absolute atomic E-state index is 10.6. The monoisotopic (exact) mass is 240 g/mol. The smallest absolute Gasteiger partial charge is 0.342 e. The molecule has 0 saturated heterocycles. The summed E-state index contributed by atoms with van der Waals surface area (Å²) in [6, 6.07) is 5.18. The third-order valence-electron chi connectivity index (χ3n) is 2.08. The lowest BCUT2D eigenvalue weighted by molar-refractivity contribution is -0.129. The molecule has 0 amide bonds. The molecular weight excluding hydrogens is 228 g/mol. The van der Waals surface area contributed by atoms with E-state index >= 15 is 0 Å². The van der Waals surface area contributed by atoms with Crippen molar-refractivity contribution in [1.29, 1.82) is 0 Å². The van der Waals surface area contributed by atoms with Crippen LogP contribution in [0.25, 0.3) is 0 Å². The number of rotatable bonds is 5. The van der Waals surface area contributed by atoms with Gasteiger partial charge in [0.15, 0.2) is 0 Å². The van der Waals surface area contributed by atoms with Crippen LogP contribution in [0.3, 0.4) is 0 Å². The molecule has 1 N–H and O–H groups in total. The normalized spacial score (nSPS) is 9.62. The molecule has 0 fully saturated rings. The van der Waals surface area contributed by atoms with Gasteiger partial charge < -0.3 is 14.6 Å². The van der Waals surface area contributed by atoms with Gasteiger partial charge in [-0.15, -0.1) is 0 Å². The van der Waals surface area contributed by atoms with Gasteiger partial charge in [0.1, 0.15) is 16.4 Å². The summed E-state index contributed by atoms with van der Waals surface area (Å²) in [6.45, 7) is 0. The number of carboxylic acid groups (broad SMARTS) is 1. The summed E-state index contributed by atoms with van der Waals surface area (Å²) in [5.74, 6) is 0.151. The Bertz CT molecular complexity index is 414. The van der Waals surface area contributed by atoms with Gasteiger partial charge in [-0.05, 0) is 11.6 Å². The van der Waals surface area contributed by atoms with Crippen LogP contribution in [-0.4, -0.2) is 30.2 Å². The fourth-order valence-corrected chi connectivity index (χ4v) is 1.40. The molecule has 0 aromatic heterocycles. The molecule has 0 unspecified atom stereocenters. The molecule has 86 valence electrons. The molecule has 0 radical (unpaired) electrons. The molecule has 0 atom stereocenters. The molecule has 5 heteroatoms. The van der Waals surface area contributed by atoms with Gasteiger partial charge in [-0.25, -0.2) is 4.79 Å². The minimum Gasteiger partial charge on any atom is -0.497 e. The summed E-state index contributed by atoms with van der Waals surface area (Å²) >= 11 is 4.74. The first kappa shape index (κ1) is 12.4. The Kier molecular flexibility index (Phi) is 4.25. The van der Waals surface area contributed by atoms with Crippen LogP contribution in [0.15, 0.2) is 18.2 Å². The summed E-state index contributed by atoms with van der Waals surface area (Å²) in [6.07, 6.45) is 0.178. The van der Waals surface area contributed by atoms with E-state index in [-0.39, 0.29) is 11.3 Å². The standard InChI is InChI=1S/C11H12O4S/c1-14-8-4-3-7(9(6-8)15-2)5-10(16)11(12)13/h3-4,6H,5H2,1-2H3,(H,12,13). The molecule has 0 spiro atoms. The number of hydrogen-bond acceptors (Lipinski definition) is 4. The van der Waals surface area contributed by atoms with Crippen LogP contribution in [0.2, 0.25) is 0 Å². The summed E-state index contributed by atoms with van der Waals surface area (Å²) < 4.78 is 10.2. The highest BCUT2D eigenvalue weighted by Gasteiger charge is 2.11. The van der Waals surface area contributed by atoms with Gasteiger partial charge in [0.25, 0.3) is 0 Å². The molecule has 0 aliphatic carbocycles. The highest BCUT2D eigenvalue weighted by Crippen LogP contribution is 2.25. The van der Waals surface area contributed by atoms with E-state index in [1.54, 1.807) is 25.3 Å². The number of thiocarbonyl (C=S) groups is 1. The maximum atomic E-state index is 10.6.